The topological polar surface area (TPSA) is 33.8 Å². The van der Waals surface area contributed by atoms with Gasteiger partial charge in [-0.3, -0.25) is 0 Å². The van der Waals surface area contributed by atoms with E-state index in [-0.39, 0.29) is 63.0 Å². The van der Waals surface area contributed by atoms with E-state index < -0.39 is 6.10 Å². The molecule has 1 saturated carbocycles. The van der Waals surface area contributed by atoms with Crippen LogP contribution in [0.4, 0.5) is 4.39 Å². The van der Waals surface area contributed by atoms with Crippen LogP contribution in [-0.4, -0.2) is 29.6 Å². The van der Waals surface area contributed by atoms with Crippen LogP contribution in [0.2, 0.25) is 0 Å². The maximum absolute atomic E-state index is 14.6. The van der Waals surface area contributed by atoms with Crippen LogP contribution in [0.25, 0.3) is 4.85 Å². The van der Waals surface area contributed by atoms with Gasteiger partial charge in [-0.15, -0.1) is 17.7 Å². The van der Waals surface area contributed by atoms with Crippen molar-refractivity contribution in [2.45, 2.75) is 48.6 Å². The summed E-state index contributed by atoms with van der Waals surface area (Å²) >= 11 is 1.56. The number of aryl methyl sites for hydroxylation is 1. The van der Waals surface area contributed by atoms with Gasteiger partial charge in [-0.1, -0.05) is 12.0 Å². The first-order valence-corrected chi connectivity index (χ1v) is 9.46. The zero-order valence-electron chi connectivity index (χ0n) is 14.6. The third kappa shape index (κ3) is 4.70. The summed E-state index contributed by atoms with van der Waals surface area (Å²) in [6.45, 7) is 7.68. The fourth-order valence-corrected chi connectivity index (χ4v) is 4.95. The molecule has 26 heavy (non-hydrogen) atoms. The van der Waals surface area contributed by atoms with Crippen molar-refractivity contribution in [1.82, 2.24) is 0 Å². The molecular formula is C20H21FNO2SY-. The number of rotatable bonds is 3. The Hall–Kier alpha value is -0.426. The van der Waals surface area contributed by atoms with Crippen LogP contribution < -0.4 is 0 Å². The first kappa shape index (κ1) is 21.9. The molecule has 0 amide bonds. The maximum Gasteiger partial charge on any atom is 0.230 e. The van der Waals surface area contributed by atoms with Crippen LogP contribution in [0.15, 0.2) is 17.0 Å². The quantitative estimate of drug-likeness (QED) is 0.565. The number of benzene rings is 1. The predicted molar refractivity (Wildman–Crippen MR) is 96.4 cm³/mol. The summed E-state index contributed by atoms with van der Waals surface area (Å²) < 4.78 is 19.2. The van der Waals surface area contributed by atoms with Gasteiger partial charge in [0.2, 0.25) is 6.04 Å². The molecule has 1 aliphatic heterocycles. The number of fused-ring (bicyclic) bond motifs is 1. The standard InChI is InChI=1S/C20H21FNO2S.Y/c1-22-17-12-18(23)19(15(17)7-3-4-8-24-2)14-10-13-6-5-9-25-20(13)16(21)11-14;/h10-11,15,17-19,23H,2,5-9,12H2;/q-1;/t15?,17-,18-,19?;/m1./s1. The molecule has 1 aliphatic carbocycles. The minimum absolute atomic E-state index is 0. The monoisotopic (exact) mass is 447 g/mol. The molecule has 3 nitrogen and oxygen atoms in total. The molecule has 135 valence electrons. The van der Waals surface area contributed by atoms with Crippen LogP contribution in [0.3, 0.4) is 0 Å². The van der Waals surface area contributed by atoms with Gasteiger partial charge in [-0.25, -0.2) is 18.1 Å². The molecule has 1 heterocycles. The fraction of sp³-hybridized carbons (Fsp3) is 0.500. The number of hydrogen-bond donors (Lipinski definition) is 1. The molecule has 1 radical (unpaired) electrons. The van der Waals surface area contributed by atoms with E-state index in [1.807, 2.05) is 6.07 Å². The molecule has 1 fully saturated rings. The summed E-state index contributed by atoms with van der Waals surface area (Å²) in [4.78, 5) is 4.43. The molecule has 0 aromatic heterocycles. The predicted octanol–water partition coefficient (Wildman–Crippen LogP) is 3.82. The van der Waals surface area contributed by atoms with Crippen molar-refractivity contribution in [2.24, 2.45) is 5.92 Å². The van der Waals surface area contributed by atoms with E-state index in [9.17, 15) is 9.50 Å². The molecule has 1 N–H and O–H groups in total. The molecule has 0 saturated heterocycles. The minimum atomic E-state index is -0.635. The number of hydrogen-bond acceptors (Lipinski definition) is 3. The zero-order chi connectivity index (χ0) is 17.8. The number of ether oxygens (including phenoxy) is 1. The average Bonchev–Trinajstić information content (AvgIpc) is 2.94. The number of thioether (sulfide) groups is 1. The number of nitrogens with zero attached hydrogens (tertiary/aromatic N) is 1. The Morgan fingerprint density at radius 1 is 1.42 bits per heavy atom. The second kappa shape index (κ2) is 10.2. The number of halogens is 1. The minimum Gasteiger partial charge on any atom is -0.546 e. The van der Waals surface area contributed by atoms with Gasteiger partial charge in [0.25, 0.3) is 0 Å². The third-order valence-corrected chi connectivity index (χ3v) is 6.26. The zero-order valence-corrected chi connectivity index (χ0v) is 18.2. The normalized spacial score (nSPS) is 26.8. The fourth-order valence-electron chi connectivity index (χ4n) is 3.92. The summed E-state index contributed by atoms with van der Waals surface area (Å²) in [7, 11) is 3.28. The maximum atomic E-state index is 14.6. The third-order valence-electron chi connectivity index (χ3n) is 5.02. The van der Waals surface area contributed by atoms with Gasteiger partial charge in [0.05, 0.1) is 18.6 Å². The second-order valence-corrected chi connectivity index (χ2v) is 7.64. The molecule has 3 rings (SSSR count). The summed E-state index contributed by atoms with van der Waals surface area (Å²) in [5.74, 6) is 6.28. The van der Waals surface area contributed by atoms with Gasteiger partial charge in [0.1, 0.15) is 5.82 Å². The molecule has 6 heteroatoms. The molecule has 0 spiro atoms. The van der Waals surface area contributed by atoms with E-state index in [4.69, 9.17) is 6.57 Å². The molecular weight excluding hydrogens is 426 g/mol. The van der Waals surface area contributed by atoms with E-state index in [2.05, 4.69) is 28.5 Å². The summed E-state index contributed by atoms with van der Waals surface area (Å²) in [6.07, 6.45) is 2.18. The van der Waals surface area contributed by atoms with Gasteiger partial charge in [0.15, 0.2) is 0 Å². The average molecular weight is 447 g/mol. The number of aliphatic hydroxyl groups is 1. The van der Waals surface area contributed by atoms with E-state index in [0.29, 0.717) is 12.8 Å². The molecule has 4 atom stereocenters. The van der Waals surface area contributed by atoms with Crippen LogP contribution in [-0.2, 0) is 43.9 Å². The number of aliphatic hydroxyl groups excluding tert-OH is 1. The van der Waals surface area contributed by atoms with Gasteiger partial charge in [-0.05, 0) is 35.8 Å². The van der Waals surface area contributed by atoms with Gasteiger partial charge >= 0.3 is 0 Å². The van der Waals surface area contributed by atoms with Crippen molar-refractivity contribution < 1.29 is 46.9 Å². The SMILES string of the molecule is [C-]#[N+][C@@H]1C[C@@H](O)C(c2cc(F)c3c(c2)CCCS3)C1CC#CCO[CH2-].[Y]. The Kier molecular flexibility index (Phi) is 8.59. The largest absolute Gasteiger partial charge is 0.546 e. The smallest absolute Gasteiger partial charge is 0.230 e. The van der Waals surface area contributed by atoms with Crippen molar-refractivity contribution >= 4 is 11.8 Å². The van der Waals surface area contributed by atoms with Crippen LogP contribution >= 0.6 is 11.8 Å². The van der Waals surface area contributed by atoms with Crippen molar-refractivity contribution in [2.75, 3.05) is 12.4 Å². The summed E-state index contributed by atoms with van der Waals surface area (Å²) in [6, 6.07) is 3.30. The van der Waals surface area contributed by atoms with Gasteiger partial charge in [-0.2, -0.15) is 0 Å². The molecule has 2 unspecified atom stereocenters. The summed E-state index contributed by atoms with van der Waals surface area (Å²) in [5.41, 5.74) is 1.83. The van der Waals surface area contributed by atoms with E-state index in [1.54, 1.807) is 17.8 Å². The van der Waals surface area contributed by atoms with Crippen molar-refractivity contribution in [3.05, 3.63) is 47.6 Å². The molecule has 0 bridgehead atoms. The molecule has 1 aromatic rings. The van der Waals surface area contributed by atoms with E-state index in [0.717, 1.165) is 34.6 Å². The van der Waals surface area contributed by atoms with Gasteiger partial charge < -0.3 is 14.7 Å². The Morgan fingerprint density at radius 2 is 2.23 bits per heavy atom. The van der Waals surface area contributed by atoms with Crippen LogP contribution in [0, 0.1) is 37.3 Å². The Bertz CT molecular complexity index is 740. The van der Waals surface area contributed by atoms with Crippen molar-refractivity contribution in [3.8, 4) is 11.8 Å². The first-order chi connectivity index (χ1) is 12.2. The van der Waals surface area contributed by atoms with E-state index >= 15 is 0 Å². The van der Waals surface area contributed by atoms with Gasteiger partial charge in [0, 0.05) is 56.4 Å². The Labute approximate surface area is 184 Å². The van der Waals surface area contributed by atoms with Crippen molar-refractivity contribution in [1.29, 1.82) is 0 Å². The Balaban J connectivity index is 0.00000243. The van der Waals surface area contributed by atoms with Crippen LogP contribution in [0.5, 0.6) is 0 Å². The van der Waals surface area contributed by atoms with Crippen molar-refractivity contribution in [3.63, 3.8) is 0 Å². The van der Waals surface area contributed by atoms with Crippen LogP contribution in [0.1, 0.15) is 36.3 Å². The summed E-state index contributed by atoms with van der Waals surface area (Å²) in [5, 5.41) is 10.6. The second-order valence-electron chi connectivity index (χ2n) is 6.54. The Morgan fingerprint density at radius 3 is 2.96 bits per heavy atom. The molecule has 2 aliphatic rings. The van der Waals surface area contributed by atoms with E-state index in [1.165, 1.54) is 0 Å². The first-order valence-electron chi connectivity index (χ1n) is 8.48. The molecule has 1 aromatic carbocycles.